The molecule has 39 heavy (non-hydrogen) atoms. The van der Waals surface area contributed by atoms with Gasteiger partial charge in [-0.1, -0.05) is 45.0 Å². The summed E-state index contributed by atoms with van der Waals surface area (Å²) in [7, 11) is 0. The predicted octanol–water partition coefficient (Wildman–Crippen LogP) is 8.17. The number of carbonyl (C=O) groups excluding carboxylic acids is 1. The van der Waals surface area contributed by atoms with Crippen LogP contribution in [0.4, 0.5) is 13.2 Å². The van der Waals surface area contributed by atoms with Crippen molar-refractivity contribution in [1.29, 1.82) is 0 Å². The van der Waals surface area contributed by atoms with Crippen LogP contribution in [0.15, 0.2) is 71.6 Å². The quantitative estimate of drug-likeness (QED) is 0.211. The van der Waals surface area contributed by atoms with E-state index in [2.05, 4.69) is 33.7 Å². The Morgan fingerprint density at radius 1 is 1.00 bits per heavy atom. The van der Waals surface area contributed by atoms with Gasteiger partial charge >= 0.3 is 6.36 Å². The number of halogens is 3. The molecular weight excluding hydrogens is 523 g/mol. The largest absolute Gasteiger partial charge is 0.573 e. The van der Waals surface area contributed by atoms with Gasteiger partial charge in [0.05, 0.1) is 11.0 Å². The third-order valence-electron chi connectivity index (χ3n) is 5.75. The maximum absolute atomic E-state index is 12.8. The van der Waals surface area contributed by atoms with Gasteiger partial charge in [-0.05, 0) is 73.2 Å². The number of carbonyl (C=O) groups is 1. The molecule has 0 aliphatic carbocycles. The van der Waals surface area contributed by atoms with Crippen molar-refractivity contribution in [3.8, 4) is 5.75 Å². The number of imidazole rings is 1. The minimum Gasteiger partial charge on any atom is -0.406 e. The number of thioether (sulfide) groups is 1. The fourth-order valence-corrected chi connectivity index (χ4v) is 4.80. The highest BCUT2D eigenvalue weighted by Gasteiger charge is 2.31. The molecule has 5 nitrogen and oxygen atoms in total. The molecule has 0 aliphatic heterocycles. The first-order chi connectivity index (χ1) is 18.6. The van der Waals surface area contributed by atoms with Crippen molar-refractivity contribution in [2.75, 3.05) is 5.75 Å². The van der Waals surface area contributed by atoms with E-state index in [1.165, 1.54) is 17.0 Å². The molecule has 208 valence electrons. The Hall–Kier alpha value is -3.46. The van der Waals surface area contributed by atoms with Crippen molar-refractivity contribution in [2.24, 2.45) is 0 Å². The summed E-state index contributed by atoms with van der Waals surface area (Å²) in [6.45, 7) is 10.6. The van der Waals surface area contributed by atoms with E-state index in [-0.39, 0.29) is 17.7 Å². The fraction of sp³-hybridized carbons (Fsp3) is 0.333. The minimum absolute atomic E-state index is 0.0985. The van der Waals surface area contributed by atoms with Gasteiger partial charge in [0, 0.05) is 29.5 Å². The monoisotopic (exact) mass is 557 g/mol. The zero-order chi connectivity index (χ0) is 28.6. The second kappa shape index (κ2) is 13.6. The van der Waals surface area contributed by atoms with Crippen molar-refractivity contribution in [3.05, 3.63) is 89.2 Å². The molecule has 0 bridgehead atoms. The zero-order valence-corrected chi connectivity index (χ0v) is 23.6. The third kappa shape index (κ3) is 8.26. The molecule has 1 heterocycles. The van der Waals surface area contributed by atoms with E-state index in [4.69, 9.17) is 4.98 Å². The summed E-state index contributed by atoms with van der Waals surface area (Å²) in [5.74, 6) is 1.32. The zero-order valence-electron chi connectivity index (χ0n) is 22.8. The van der Waals surface area contributed by atoms with Crippen molar-refractivity contribution < 1.29 is 22.7 Å². The van der Waals surface area contributed by atoms with Crippen LogP contribution in [0.5, 0.6) is 5.75 Å². The molecule has 0 aliphatic rings. The van der Waals surface area contributed by atoms with Crippen LogP contribution >= 0.6 is 11.8 Å². The van der Waals surface area contributed by atoms with Crippen LogP contribution in [0, 0.1) is 0 Å². The molecule has 0 saturated carbocycles. The second-order valence-corrected chi connectivity index (χ2v) is 10.2. The van der Waals surface area contributed by atoms with Gasteiger partial charge in [0.2, 0.25) is 0 Å². The number of ether oxygens (including phenoxy) is 1. The maximum Gasteiger partial charge on any atom is 0.573 e. The molecule has 9 heteroatoms. The molecule has 1 amide bonds. The third-order valence-corrected chi connectivity index (χ3v) is 6.64. The molecular formula is C30H34F3N3O2S. The Balaban J connectivity index is 0.00000205. The van der Waals surface area contributed by atoms with Crippen molar-refractivity contribution in [1.82, 2.24) is 14.9 Å². The normalized spacial score (nSPS) is 11.3. The molecule has 4 rings (SSSR count). The molecule has 0 unspecified atom stereocenters. The molecule has 0 atom stereocenters. The summed E-state index contributed by atoms with van der Waals surface area (Å²) in [6, 6.07) is 19.5. The van der Waals surface area contributed by atoms with E-state index < -0.39 is 6.36 Å². The number of aromatic nitrogens is 2. The summed E-state index contributed by atoms with van der Waals surface area (Å²) in [5.41, 5.74) is 3.91. The van der Waals surface area contributed by atoms with Gasteiger partial charge in [-0.2, -0.15) is 0 Å². The first kappa shape index (κ1) is 30.1. The maximum atomic E-state index is 12.8. The lowest BCUT2D eigenvalue weighted by Gasteiger charge is -2.14. The van der Waals surface area contributed by atoms with Gasteiger partial charge in [-0.25, -0.2) is 4.98 Å². The number of nitrogens with zero attached hydrogens (tertiary/aromatic N) is 2. The SMILES string of the molecule is CC.CCSc1ccc(CNC(=O)c2ccc3c(c2)nc(Cc2ccc(OC(F)(F)F)cc2)n3C(C)C)cc1. The van der Waals surface area contributed by atoms with Crippen molar-refractivity contribution in [2.45, 2.75) is 64.9 Å². The Kier molecular flexibility index (Phi) is 10.5. The van der Waals surface area contributed by atoms with E-state index in [1.807, 2.05) is 45.9 Å². The first-order valence-corrected chi connectivity index (χ1v) is 14.0. The molecule has 1 N–H and O–H groups in total. The number of benzene rings is 3. The molecule has 4 aromatic rings. The number of hydrogen-bond donors (Lipinski definition) is 1. The summed E-state index contributed by atoms with van der Waals surface area (Å²) in [6.07, 6.45) is -4.30. The number of hydrogen-bond acceptors (Lipinski definition) is 4. The van der Waals surface area contributed by atoms with Gasteiger partial charge < -0.3 is 14.6 Å². The van der Waals surface area contributed by atoms with Crippen LogP contribution in [0.1, 0.15) is 68.0 Å². The average Bonchev–Trinajstić information content (AvgIpc) is 3.27. The molecule has 0 radical (unpaired) electrons. The van der Waals surface area contributed by atoms with Crippen LogP contribution in [-0.4, -0.2) is 27.6 Å². The highest BCUT2D eigenvalue weighted by atomic mass is 32.2. The van der Waals surface area contributed by atoms with Crippen LogP contribution in [-0.2, 0) is 13.0 Å². The summed E-state index contributed by atoms with van der Waals surface area (Å²) >= 11 is 1.77. The number of alkyl halides is 3. The minimum atomic E-state index is -4.73. The molecule has 3 aromatic carbocycles. The molecule has 0 saturated heterocycles. The summed E-state index contributed by atoms with van der Waals surface area (Å²) in [5, 5.41) is 2.96. The molecule has 1 aromatic heterocycles. The van der Waals surface area contributed by atoms with Gasteiger partial charge in [0.25, 0.3) is 5.91 Å². The van der Waals surface area contributed by atoms with Gasteiger partial charge in [0.1, 0.15) is 11.6 Å². The molecule has 0 spiro atoms. The lowest BCUT2D eigenvalue weighted by molar-refractivity contribution is -0.274. The van der Waals surface area contributed by atoms with Crippen LogP contribution in [0.25, 0.3) is 11.0 Å². The Labute approximate surface area is 231 Å². The van der Waals surface area contributed by atoms with Gasteiger partial charge in [-0.3, -0.25) is 4.79 Å². The lowest BCUT2D eigenvalue weighted by atomic mass is 10.1. The highest BCUT2D eigenvalue weighted by molar-refractivity contribution is 7.99. The van der Waals surface area contributed by atoms with E-state index in [1.54, 1.807) is 36.0 Å². The first-order valence-electron chi connectivity index (χ1n) is 13.0. The smallest absolute Gasteiger partial charge is 0.406 e. The fourth-order valence-electron chi connectivity index (χ4n) is 4.14. The van der Waals surface area contributed by atoms with Gasteiger partial charge in [-0.15, -0.1) is 24.9 Å². The van der Waals surface area contributed by atoms with Crippen LogP contribution in [0.2, 0.25) is 0 Å². The number of amides is 1. The Morgan fingerprint density at radius 2 is 1.64 bits per heavy atom. The molecule has 0 fully saturated rings. The predicted molar refractivity (Wildman–Crippen MR) is 151 cm³/mol. The average molecular weight is 558 g/mol. The van der Waals surface area contributed by atoms with Crippen molar-refractivity contribution >= 4 is 28.7 Å². The number of nitrogens with one attached hydrogen (secondary N) is 1. The van der Waals surface area contributed by atoms with E-state index in [0.717, 1.165) is 28.2 Å². The highest BCUT2D eigenvalue weighted by Crippen LogP contribution is 2.26. The van der Waals surface area contributed by atoms with Crippen LogP contribution < -0.4 is 10.1 Å². The topological polar surface area (TPSA) is 56.1 Å². The lowest BCUT2D eigenvalue weighted by Crippen LogP contribution is -2.22. The van der Waals surface area contributed by atoms with Gasteiger partial charge in [0.15, 0.2) is 0 Å². The van der Waals surface area contributed by atoms with E-state index in [0.29, 0.717) is 24.0 Å². The summed E-state index contributed by atoms with van der Waals surface area (Å²) in [4.78, 5) is 18.8. The number of rotatable bonds is 9. The standard InChI is InChI=1S/C28H28F3N3O2S.C2H6/c1-4-37-23-12-7-20(8-13-23)17-32-27(35)21-9-14-25-24(16-21)33-26(34(25)18(2)3)15-19-5-10-22(11-6-19)36-28(29,30)31;1-2/h5-14,16,18H,4,15,17H2,1-3H3,(H,32,35);1-2H3. The van der Waals surface area contributed by atoms with Crippen LogP contribution in [0.3, 0.4) is 0 Å². The Bertz CT molecular complexity index is 1370. The van der Waals surface area contributed by atoms with E-state index >= 15 is 0 Å². The van der Waals surface area contributed by atoms with E-state index in [9.17, 15) is 18.0 Å². The summed E-state index contributed by atoms with van der Waals surface area (Å²) < 4.78 is 43.4. The Morgan fingerprint density at radius 3 is 2.23 bits per heavy atom. The van der Waals surface area contributed by atoms with Crippen molar-refractivity contribution in [3.63, 3.8) is 0 Å². The second-order valence-electron chi connectivity index (χ2n) is 8.82. The number of fused-ring (bicyclic) bond motifs is 1.